The van der Waals surface area contributed by atoms with E-state index in [1.54, 1.807) is 0 Å². The second-order valence-corrected chi connectivity index (χ2v) is 14.0. The first kappa shape index (κ1) is 28.4. The van der Waals surface area contributed by atoms with Crippen molar-refractivity contribution in [1.82, 2.24) is 4.57 Å². The van der Waals surface area contributed by atoms with Gasteiger partial charge in [-0.05, 0) is 90.8 Å². The van der Waals surface area contributed by atoms with Crippen LogP contribution < -0.4 is 0 Å². The normalized spacial score (nSPS) is 15.8. The van der Waals surface area contributed by atoms with Crippen LogP contribution >= 0.6 is 0 Å². The van der Waals surface area contributed by atoms with Gasteiger partial charge in [-0.25, -0.2) is 0 Å². The molecule has 1 heteroatoms. The summed E-state index contributed by atoms with van der Waals surface area (Å²) < 4.78 is 2.58. The van der Waals surface area contributed by atoms with Gasteiger partial charge < -0.3 is 4.57 Å². The Kier molecular flexibility index (Phi) is 6.15. The number of rotatable bonds is 3. The summed E-state index contributed by atoms with van der Waals surface area (Å²) in [6.45, 7) is 0. The van der Waals surface area contributed by atoms with Crippen LogP contribution in [0.2, 0.25) is 0 Å². The van der Waals surface area contributed by atoms with Gasteiger partial charge >= 0.3 is 0 Å². The molecule has 0 amide bonds. The van der Waals surface area contributed by atoms with Crippen LogP contribution in [0.5, 0.6) is 0 Å². The van der Waals surface area contributed by atoms with E-state index in [4.69, 9.17) is 0 Å². The minimum atomic E-state index is 0.300. The van der Waals surface area contributed by atoms with Crippen LogP contribution in [0.1, 0.15) is 12.0 Å². The van der Waals surface area contributed by atoms with Crippen LogP contribution in [0.3, 0.4) is 0 Å². The molecule has 11 rings (SSSR count). The molecule has 1 heterocycles. The van der Waals surface area contributed by atoms with Crippen LogP contribution in [-0.2, 0) is 0 Å². The Morgan fingerprint density at radius 1 is 0.471 bits per heavy atom. The van der Waals surface area contributed by atoms with Gasteiger partial charge in [-0.2, -0.15) is 0 Å². The van der Waals surface area contributed by atoms with Crippen molar-refractivity contribution in [3.63, 3.8) is 0 Å². The number of allylic oxidation sites excluding steroid dienone is 8. The minimum Gasteiger partial charge on any atom is -0.312 e. The van der Waals surface area contributed by atoms with Crippen LogP contribution in [0.25, 0.3) is 87.3 Å². The van der Waals surface area contributed by atoms with Gasteiger partial charge in [0.1, 0.15) is 0 Å². The lowest BCUT2D eigenvalue weighted by molar-refractivity contribution is 0.772. The van der Waals surface area contributed by atoms with E-state index in [-0.39, 0.29) is 0 Å². The molecule has 9 aromatic rings. The lowest BCUT2D eigenvalue weighted by Gasteiger charge is -2.26. The van der Waals surface area contributed by atoms with Crippen LogP contribution in [0, 0.1) is 5.92 Å². The maximum absolute atomic E-state index is 2.58. The second-order valence-electron chi connectivity index (χ2n) is 14.0. The predicted octanol–water partition coefficient (Wildman–Crippen LogP) is 13.5. The fourth-order valence-corrected chi connectivity index (χ4v) is 8.93. The minimum absolute atomic E-state index is 0.300. The van der Waals surface area contributed by atoms with Gasteiger partial charge in [0.15, 0.2) is 0 Å². The number of hydrogen-bond donors (Lipinski definition) is 0. The molecule has 0 aliphatic heterocycles. The molecule has 238 valence electrons. The molecule has 1 atom stereocenters. The van der Waals surface area contributed by atoms with E-state index < -0.39 is 0 Å². The molecular formula is C50H33N. The standard InChI is InChI=1S/C50H33N/c1-2-13-34(14-3-1)45-31-46-41-17-7-9-19-43(41)50-49(48(46)42-18-8-6-16-40(42)45)44-20-10-11-21-47(44)51(50)39-27-26-33-23-25-37(29-38(33)30-39)36-24-22-32-12-4-5-15-35(32)28-36/h1-29,31,38H,30H2. The van der Waals surface area contributed by atoms with Crippen molar-refractivity contribution in [2.24, 2.45) is 5.92 Å². The molecule has 0 saturated carbocycles. The van der Waals surface area contributed by atoms with E-state index in [0.717, 1.165) is 6.42 Å². The predicted molar refractivity (Wildman–Crippen MR) is 219 cm³/mol. The molecule has 1 nitrogen and oxygen atoms in total. The largest absolute Gasteiger partial charge is 0.312 e. The first-order valence-electron chi connectivity index (χ1n) is 18.0. The van der Waals surface area contributed by atoms with E-state index in [1.807, 2.05) is 0 Å². The first-order chi connectivity index (χ1) is 25.3. The number of fused-ring (bicyclic) bond motifs is 12. The van der Waals surface area contributed by atoms with E-state index >= 15 is 0 Å². The molecule has 0 radical (unpaired) electrons. The van der Waals surface area contributed by atoms with Crippen LogP contribution in [0.4, 0.5) is 0 Å². The molecule has 0 saturated heterocycles. The summed E-state index contributed by atoms with van der Waals surface area (Å²) in [6, 6.07) is 55.9. The van der Waals surface area contributed by atoms with Crippen LogP contribution in [0.15, 0.2) is 188 Å². The van der Waals surface area contributed by atoms with Crippen molar-refractivity contribution >= 4 is 76.2 Å². The number of para-hydroxylation sites is 1. The Labute approximate surface area is 296 Å². The summed E-state index contributed by atoms with van der Waals surface area (Å²) in [5.74, 6) is 0.300. The Morgan fingerprint density at radius 3 is 2.04 bits per heavy atom. The van der Waals surface area contributed by atoms with Gasteiger partial charge in [-0.15, -0.1) is 0 Å². The fraction of sp³-hybridized carbons (Fsp3) is 0.0400. The third-order valence-electron chi connectivity index (χ3n) is 11.3. The monoisotopic (exact) mass is 647 g/mol. The smallest absolute Gasteiger partial charge is 0.0622 e. The Balaban J connectivity index is 1.17. The van der Waals surface area contributed by atoms with Gasteiger partial charge in [0.05, 0.1) is 11.0 Å². The molecule has 1 aromatic heterocycles. The SMILES string of the molecule is C1=CC2=CC=C(n3c4ccccc4c4c5c6ccccc6c(-c6ccccc6)cc5c5ccccc5c43)CC2C=C1c1ccc2ccccc2c1. The average Bonchev–Trinajstić information content (AvgIpc) is 3.55. The highest BCUT2D eigenvalue weighted by Crippen LogP contribution is 2.48. The van der Waals surface area contributed by atoms with E-state index in [9.17, 15) is 0 Å². The molecule has 51 heavy (non-hydrogen) atoms. The van der Waals surface area contributed by atoms with Gasteiger partial charge in [-0.3, -0.25) is 0 Å². The zero-order valence-electron chi connectivity index (χ0n) is 28.1. The Bertz CT molecular complexity index is 3040. The van der Waals surface area contributed by atoms with Gasteiger partial charge in [0, 0.05) is 33.2 Å². The first-order valence-corrected chi connectivity index (χ1v) is 18.0. The summed E-state index contributed by atoms with van der Waals surface area (Å²) in [4.78, 5) is 0. The van der Waals surface area contributed by atoms with Crippen molar-refractivity contribution < 1.29 is 0 Å². The van der Waals surface area contributed by atoms with Crippen LogP contribution in [-0.4, -0.2) is 4.57 Å². The highest BCUT2D eigenvalue weighted by Gasteiger charge is 2.26. The molecular weight excluding hydrogens is 615 g/mol. The zero-order valence-corrected chi connectivity index (χ0v) is 28.1. The third-order valence-corrected chi connectivity index (χ3v) is 11.3. The van der Waals surface area contributed by atoms with E-state index in [1.165, 1.54) is 98.4 Å². The van der Waals surface area contributed by atoms with E-state index in [2.05, 4.69) is 187 Å². The third kappa shape index (κ3) is 4.28. The lowest BCUT2D eigenvalue weighted by Crippen LogP contribution is -2.11. The van der Waals surface area contributed by atoms with Crippen molar-refractivity contribution in [3.8, 4) is 11.1 Å². The Hall–Kier alpha value is -6.44. The fourth-order valence-electron chi connectivity index (χ4n) is 8.93. The maximum atomic E-state index is 2.58. The molecule has 8 aromatic carbocycles. The van der Waals surface area contributed by atoms with Crippen molar-refractivity contribution in [1.29, 1.82) is 0 Å². The Morgan fingerprint density at radius 2 is 1.18 bits per heavy atom. The maximum Gasteiger partial charge on any atom is 0.0622 e. The molecule has 0 N–H and O–H groups in total. The van der Waals surface area contributed by atoms with Gasteiger partial charge in [-0.1, -0.05) is 158 Å². The van der Waals surface area contributed by atoms with Gasteiger partial charge in [0.2, 0.25) is 0 Å². The molecule has 1 unspecified atom stereocenters. The molecule has 0 bridgehead atoms. The van der Waals surface area contributed by atoms with Gasteiger partial charge in [0.25, 0.3) is 0 Å². The number of benzene rings is 8. The number of hydrogen-bond acceptors (Lipinski definition) is 0. The molecule has 2 aliphatic carbocycles. The zero-order chi connectivity index (χ0) is 33.5. The summed E-state index contributed by atoms with van der Waals surface area (Å²) in [5, 5.41) is 13.0. The summed E-state index contributed by atoms with van der Waals surface area (Å²) in [6.07, 6.45) is 12.8. The van der Waals surface area contributed by atoms with Crippen molar-refractivity contribution in [2.45, 2.75) is 6.42 Å². The number of nitrogens with zero attached hydrogens (tertiary/aromatic N) is 1. The summed E-state index contributed by atoms with van der Waals surface area (Å²) in [5.41, 5.74) is 10.3. The molecule has 2 aliphatic rings. The van der Waals surface area contributed by atoms with Crippen molar-refractivity contribution in [3.05, 3.63) is 193 Å². The summed E-state index contributed by atoms with van der Waals surface area (Å²) in [7, 11) is 0. The summed E-state index contributed by atoms with van der Waals surface area (Å²) >= 11 is 0. The van der Waals surface area contributed by atoms with E-state index in [0.29, 0.717) is 5.92 Å². The molecule has 0 fully saturated rings. The van der Waals surface area contributed by atoms with Crippen molar-refractivity contribution in [2.75, 3.05) is 0 Å². The topological polar surface area (TPSA) is 4.93 Å². The average molecular weight is 648 g/mol. The lowest BCUT2D eigenvalue weighted by atomic mass is 9.82. The number of aromatic nitrogens is 1. The highest BCUT2D eigenvalue weighted by atomic mass is 15.0. The second kappa shape index (κ2) is 11.0. The molecule has 0 spiro atoms. The quantitative estimate of drug-likeness (QED) is 0.168. The highest BCUT2D eigenvalue weighted by molar-refractivity contribution is 6.38.